The molecule has 1 aromatic carbocycles. The lowest BCUT2D eigenvalue weighted by atomic mass is 9.70. The molecule has 0 radical (unpaired) electrons. The van der Waals surface area contributed by atoms with Crippen molar-refractivity contribution in [2.24, 2.45) is 5.92 Å². The van der Waals surface area contributed by atoms with Gasteiger partial charge in [-0.15, -0.1) is 0 Å². The second kappa shape index (κ2) is 4.84. The van der Waals surface area contributed by atoms with Gasteiger partial charge >= 0.3 is 0 Å². The molecule has 1 aliphatic carbocycles. The van der Waals surface area contributed by atoms with Crippen molar-refractivity contribution in [3.8, 4) is 0 Å². The zero-order valence-electron chi connectivity index (χ0n) is 10.7. The number of aliphatic hydroxyl groups excluding tert-OH is 1. The van der Waals surface area contributed by atoms with E-state index in [1.165, 1.54) is 18.2 Å². The van der Waals surface area contributed by atoms with Gasteiger partial charge in [0, 0.05) is 6.61 Å². The Labute approximate surface area is 111 Å². The predicted octanol–water partition coefficient (Wildman–Crippen LogP) is 3.35. The van der Waals surface area contributed by atoms with Gasteiger partial charge in [-0.25, -0.2) is 8.78 Å². The topological polar surface area (TPSA) is 29.5 Å². The average molecular weight is 268 g/mol. The molecule has 3 rings (SSSR count). The lowest BCUT2D eigenvalue weighted by Gasteiger charge is -2.48. The van der Waals surface area contributed by atoms with E-state index in [1.54, 1.807) is 0 Å². The average Bonchev–Trinajstić information content (AvgIpc) is 2.37. The van der Waals surface area contributed by atoms with Crippen LogP contribution < -0.4 is 0 Å². The minimum Gasteiger partial charge on any atom is -0.388 e. The fourth-order valence-corrected chi connectivity index (χ4v) is 3.28. The monoisotopic (exact) mass is 268 g/mol. The van der Waals surface area contributed by atoms with Gasteiger partial charge in [-0.05, 0) is 50.2 Å². The molecule has 2 nitrogen and oxygen atoms in total. The fraction of sp³-hybridized carbons (Fsp3) is 0.600. The van der Waals surface area contributed by atoms with Crippen molar-refractivity contribution >= 4 is 0 Å². The SMILES string of the molecule is OC(c1c(F)cccc1F)C1CCOC2(CCC2)C1. The van der Waals surface area contributed by atoms with Crippen LogP contribution in [0.4, 0.5) is 8.78 Å². The third-order valence-corrected chi connectivity index (χ3v) is 4.54. The molecule has 104 valence electrons. The maximum atomic E-state index is 13.7. The van der Waals surface area contributed by atoms with Crippen LogP contribution in [-0.4, -0.2) is 17.3 Å². The molecular formula is C15H18F2O2. The van der Waals surface area contributed by atoms with Gasteiger partial charge < -0.3 is 9.84 Å². The number of ether oxygens (including phenoxy) is 1. The lowest BCUT2D eigenvalue weighted by Crippen LogP contribution is -2.46. The third-order valence-electron chi connectivity index (χ3n) is 4.54. The summed E-state index contributed by atoms with van der Waals surface area (Å²) in [6.45, 7) is 0.567. The third kappa shape index (κ3) is 2.28. The van der Waals surface area contributed by atoms with Crippen molar-refractivity contribution < 1.29 is 18.6 Å². The van der Waals surface area contributed by atoms with Crippen molar-refractivity contribution in [3.63, 3.8) is 0 Å². The summed E-state index contributed by atoms with van der Waals surface area (Å²) >= 11 is 0. The minimum absolute atomic E-state index is 0.125. The Kier molecular flexibility index (Phi) is 3.31. The van der Waals surface area contributed by atoms with E-state index in [0.717, 1.165) is 19.3 Å². The molecule has 2 fully saturated rings. The van der Waals surface area contributed by atoms with Crippen molar-refractivity contribution in [3.05, 3.63) is 35.4 Å². The molecule has 1 saturated carbocycles. The van der Waals surface area contributed by atoms with Crippen molar-refractivity contribution in [1.29, 1.82) is 0 Å². The van der Waals surface area contributed by atoms with Crippen LogP contribution >= 0.6 is 0 Å². The van der Waals surface area contributed by atoms with Crippen molar-refractivity contribution in [2.75, 3.05) is 6.61 Å². The number of rotatable bonds is 2. The molecule has 1 heterocycles. The van der Waals surface area contributed by atoms with Crippen LogP contribution in [0.5, 0.6) is 0 Å². The van der Waals surface area contributed by atoms with E-state index in [1.807, 2.05) is 0 Å². The van der Waals surface area contributed by atoms with Crippen LogP contribution in [0.25, 0.3) is 0 Å². The summed E-state index contributed by atoms with van der Waals surface area (Å²) in [5.41, 5.74) is -0.324. The summed E-state index contributed by atoms with van der Waals surface area (Å²) in [4.78, 5) is 0. The van der Waals surface area contributed by atoms with Gasteiger partial charge in [0.1, 0.15) is 11.6 Å². The Morgan fingerprint density at radius 1 is 1.26 bits per heavy atom. The first kappa shape index (κ1) is 13.0. The summed E-state index contributed by atoms with van der Waals surface area (Å²) in [6, 6.07) is 3.71. The van der Waals surface area contributed by atoms with E-state index in [4.69, 9.17) is 4.74 Å². The molecule has 0 bridgehead atoms. The van der Waals surface area contributed by atoms with Crippen molar-refractivity contribution in [2.45, 2.75) is 43.8 Å². The Bertz CT molecular complexity index is 451. The van der Waals surface area contributed by atoms with Crippen LogP contribution in [0.15, 0.2) is 18.2 Å². The minimum atomic E-state index is -1.08. The van der Waals surface area contributed by atoms with E-state index in [0.29, 0.717) is 19.4 Å². The molecule has 19 heavy (non-hydrogen) atoms. The number of aliphatic hydroxyl groups is 1. The summed E-state index contributed by atoms with van der Waals surface area (Å²) in [5.74, 6) is -1.45. The Morgan fingerprint density at radius 3 is 2.53 bits per heavy atom. The van der Waals surface area contributed by atoms with Gasteiger partial charge in [-0.3, -0.25) is 0 Å². The maximum Gasteiger partial charge on any atom is 0.131 e. The van der Waals surface area contributed by atoms with Gasteiger partial charge in [0.15, 0.2) is 0 Å². The molecular weight excluding hydrogens is 250 g/mol. The molecule has 1 N–H and O–H groups in total. The van der Waals surface area contributed by atoms with Gasteiger partial charge in [0.05, 0.1) is 17.3 Å². The number of halogens is 2. The second-order valence-corrected chi connectivity index (χ2v) is 5.72. The maximum absolute atomic E-state index is 13.7. The van der Waals surface area contributed by atoms with Gasteiger partial charge in [-0.1, -0.05) is 6.07 Å². The molecule has 2 unspecified atom stereocenters. The summed E-state index contributed by atoms with van der Waals surface area (Å²) in [5, 5.41) is 10.3. The number of benzene rings is 1. The molecule has 2 atom stereocenters. The van der Waals surface area contributed by atoms with E-state index >= 15 is 0 Å². The van der Waals surface area contributed by atoms with Crippen LogP contribution in [-0.2, 0) is 4.74 Å². The van der Waals surface area contributed by atoms with E-state index in [-0.39, 0.29) is 17.1 Å². The van der Waals surface area contributed by atoms with E-state index in [9.17, 15) is 13.9 Å². The largest absolute Gasteiger partial charge is 0.388 e. The predicted molar refractivity (Wildman–Crippen MR) is 66.6 cm³/mol. The highest BCUT2D eigenvalue weighted by Crippen LogP contribution is 2.47. The molecule has 1 spiro atoms. The highest BCUT2D eigenvalue weighted by molar-refractivity contribution is 5.23. The Balaban J connectivity index is 1.81. The Morgan fingerprint density at radius 2 is 1.95 bits per heavy atom. The summed E-state index contributed by atoms with van der Waals surface area (Å²) in [7, 11) is 0. The molecule has 2 aliphatic rings. The zero-order valence-corrected chi connectivity index (χ0v) is 10.7. The molecule has 0 amide bonds. The normalized spacial score (nSPS) is 27.0. The summed E-state index contributed by atoms with van der Waals surface area (Å²) in [6.07, 6.45) is 3.39. The standard InChI is InChI=1S/C15H18F2O2/c16-11-3-1-4-12(17)13(11)14(18)10-5-8-19-15(9-10)6-2-7-15/h1,3-4,10,14,18H,2,5-9H2. The quantitative estimate of drug-likeness (QED) is 0.891. The first-order chi connectivity index (χ1) is 9.11. The van der Waals surface area contributed by atoms with Crippen LogP contribution in [0.3, 0.4) is 0 Å². The number of hydrogen-bond acceptors (Lipinski definition) is 2. The highest BCUT2D eigenvalue weighted by Gasteiger charge is 2.44. The number of hydrogen-bond donors (Lipinski definition) is 1. The van der Waals surface area contributed by atoms with Gasteiger partial charge in [-0.2, -0.15) is 0 Å². The molecule has 1 aromatic rings. The first-order valence-corrected chi connectivity index (χ1v) is 6.87. The molecule has 1 aliphatic heterocycles. The van der Waals surface area contributed by atoms with E-state index < -0.39 is 17.7 Å². The van der Waals surface area contributed by atoms with E-state index in [2.05, 4.69) is 0 Å². The molecule has 4 heteroatoms. The summed E-state index contributed by atoms with van der Waals surface area (Å²) < 4.78 is 33.2. The first-order valence-electron chi connectivity index (χ1n) is 6.87. The van der Waals surface area contributed by atoms with Gasteiger partial charge in [0.2, 0.25) is 0 Å². The second-order valence-electron chi connectivity index (χ2n) is 5.72. The van der Waals surface area contributed by atoms with Crippen LogP contribution in [0.2, 0.25) is 0 Å². The lowest BCUT2D eigenvalue weighted by molar-refractivity contribution is -0.157. The molecule has 1 saturated heterocycles. The van der Waals surface area contributed by atoms with Crippen LogP contribution in [0, 0.1) is 17.6 Å². The highest BCUT2D eigenvalue weighted by atomic mass is 19.1. The Hall–Kier alpha value is -1.00. The zero-order chi connectivity index (χ0) is 13.5. The fourth-order valence-electron chi connectivity index (χ4n) is 3.28. The van der Waals surface area contributed by atoms with Crippen LogP contribution in [0.1, 0.15) is 43.8 Å². The smallest absolute Gasteiger partial charge is 0.131 e. The van der Waals surface area contributed by atoms with Crippen molar-refractivity contribution in [1.82, 2.24) is 0 Å². The van der Waals surface area contributed by atoms with Gasteiger partial charge in [0.25, 0.3) is 0 Å². The molecule has 0 aromatic heterocycles.